The van der Waals surface area contributed by atoms with Crippen LogP contribution in [0.15, 0.2) is 54.6 Å². The molecule has 6 nitrogen and oxygen atoms in total. The average Bonchev–Trinajstić information content (AvgIpc) is 3.06. The lowest BCUT2D eigenvalue weighted by Crippen LogP contribution is -2.14. The Bertz CT molecular complexity index is 932. The maximum Gasteiger partial charge on any atom is 0.267 e. The van der Waals surface area contributed by atoms with Crippen molar-refractivity contribution in [1.82, 2.24) is 15.0 Å². The summed E-state index contributed by atoms with van der Waals surface area (Å²) in [5.41, 5.74) is 4.39. The lowest BCUT2D eigenvalue weighted by molar-refractivity contribution is -0.124. The molecule has 1 amide bonds. The second-order valence-electron chi connectivity index (χ2n) is 6.09. The third-order valence-electron chi connectivity index (χ3n) is 4.26. The number of para-hydroxylation sites is 1. The van der Waals surface area contributed by atoms with Crippen LogP contribution in [-0.4, -0.2) is 27.3 Å². The summed E-state index contributed by atoms with van der Waals surface area (Å²) in [7, 11) is 0. The Morgan fingerprint density at radius 2 is 2.07 bits per heavy atom. The minimum atomic E-state index is -0.562. The molecule has 0 aliphatic rings. The van der Waals surface area contributed by atoms with Gasteiger partial charge < -0.3 is 9.30 Å². The van der Waals surface area contributed by atoms with Crippen molar-refractivity contribution in [2.24, 2.45) is 0 Å². The van der Waals surface area contributed by atoms with E-state index in [9.17, 15) is 4.79 Å². The Labute approximate surface area is 158 Å². The van der Waals surface area contributed by atoms with Crippen molar-refractivity contribution in [3.8, 4) is 5.75 Å². The number of hydroxylamine groups is 1. The SMILES string of the molecule is CCn1c(CCCOc2ccccc2)nc2cc(C=CC(=O)NO)ccc21. The number of benzene rings is 2. The van der Waals surface area contributed by atoms with Crippen molar-refractivity contribution in [3.05, 3.63) is 66.0 Å². The van der Waals surface area contributed by atoms with Crippen LogP contribution in [0.2, 0.25) is 0 Å². The summed E-state index contributed by atoms with van der Waals surface area (Å²) in [6.07, 6.45) is 4.62. The van der Waals surface area contributed by atoms with E-state index in [0.29, 0.717) is 6.61 Å². The zero-order chi connectivity index (χ0) is 19.1. The van der Waals surface area contributed by atoms with E-state index in [1.54, 1.807) is 11.6 Å². The number of nitrogens with zero attached hydrogens (tertiary/aromatic N) is 2. The Balaban J connectivity index is 1.69. The van der Waals surface area contributed by atoms with Crippen LogP contribution in [0.4, 0.5) is 0 Å². The highest BCUT2D eigenvalue weighted by molar-refractivity contribution is 5.91. The second-order valence-corrected chi connectivity index (χ2v) is 6.09. The third kappa shape index (κ3) is 4.74. The molecule has 0 radical (unpaired) electrons. The number of rotatable bonds is 8. The summed E-state index contributed by atoms with van der Waals surface area (Å²) in [6.45, 7) is 3.58. The summed E-state index contributed by atoms with van der Waals surface area (Å²) in [4.78, 5) is 15.9. The largest absolute Gasteiger partial charge is 0.494 e. The van der Waals surface area contributed by atoms with Crippen LogP contribution >= 0.6 is 0 Å². The van der Waals surface area contributed by atoms with Gasteiger partial charge in [0.25, 0.3) is 5.91 Å². The quantitative estimate of drug-likeness (QED) is 0.277. The predicted octanol–water partition coefficient (Wildman–Crippen LogP) is 3.59. The zero-order valence-corrected chi connectivity index (χ0v) is 15.3. The van der Waals surface area contributed by atoms with E-state index in [1.807, 2.05) is 48.5 Å². The van der Waals surface area contributed by atoms with Crippen LogP contribution in [0.25, 0.3) is 17.1 Å². The van der Waals surface area contributed by atoms with Crippen LogP contribution in [-0.2, 0) is 17.8 Å². The topological polar surface area (TPSA) is 76.4 Å². The van der Waals surface area contributed by atoms with Gasteiger partial charge in [-0.1, -0.05) is 24.3 Å². The third-order valence-corrected chi connectivity index (χ3v) is 4.26. The van der Waals surface area contributed by atoms with E-state index >= 15 is 0 Å². The normalized spacial score (nSPS) is 11.2. The number of fused-ring (bicyclic) bond motifs is 1. The van der Waals surface area contributed by atoms with Gasteiger partial charge in [0.1, 0.15) is 11.6 Å². The molecule has 140 valence electrons. The molecule has 2 N–H and O–H groups in total. The van der Waals surface area contributed by atoms with Gasteiger partial charge in [-0.2, -0.15) is 0 Å². The number of nitrogens with one attached hydrogen (secondary N) is 1. The van der Waals surface area contributed by atoms with Gasteiger partial charge in [0.15, 0.2) is 0 Å². The highest BCUT2D eigenvalue weighted by Crippen LogP contribution is 2.20. The number of aromatic nitrogens is 2. The van der Waals surface area contributed by atoms with Gasteiger partial charge in [-0.3, -0.25) is 10.0 Å². The number of imidazole rings is 1. The molecule has 0 atom stereocenters. The molecular weight excluding hydrogens is 342 g/mol. The number of ether oxygens (including phenoxy) is 1. The van der Waals surface area contributed by atoms with E-state index in [4.69, 9.17) is 14.9 Å². The van der Waals surface area contributed by atoms with E-state index < -0.39 is 5.91 Å². The maximum atomic E-state index is 11.1. The molecule has 1 heterocycles. The average molecular weight is 365 g/mol. The standard InChI is InChI=1S/C21H23N3O3/c1-2-24-19-12-10-16(11-13-21(25)23-26)15-18(19)22-20(24)9-6-14-27-17-7-4-3-5-8-17/h3-5,7-8,10-13,15,26H,2,6,9,14H2,1H3,(H,23,25). The van der Waals surface area contributed by atoms with Crippen molar-refractivity contribution in [2.45, 2.75) is 26.3 Å². The fourth-order valence-electron chi connectivity index (χ4n) is 2.99. The highest BCUT2D eigenvalue weighted by atomic mass is 16.5. The molecule has 6 heteroatoms. The fourth-order valence-corrected chi connectivity index (χ4v) is 2.99. The number of aryl methyl sites for hydroxylation is 2. The lowest BCUT2D eigenvalue weighted by atomic mass is 10.2. The Hall–Kier alpha value is -3.12. The van der Waals surface area contributed by atoms with E-state index in [2.05, 4.69) is 11.5 Å². The minimum Gasteiger partial charge on any atom is -0.494 e. The molecule has 0 bridgehead atoms. The molecule has 0 aliphatic carbocycles. The van der Waals surface area contributed by atoms with Crippen LogP contribution < -0.4 is 10.2 Å². The monoisotopic (exact) mass is 365 g/mol. The number of hydrogen-bond donors (Lipinski definition) is 2. The van der Waals surface area contributed by atoms with Gasteiger partial charge in [0, 0.05) is 19.0 Å². The van der Waals surface area contributed by atoms with Crippen LogP contribution in [0, 0.1) is 0 Å². The van der Waals surface area contributed by atoms with Crippen molar-refractivity contribution in [1.29, 1.82) is 0 Å². The first-order valence-corrected chi connectivity index (χ1v) is 9.00. The lowest BCUT2D eigenvalue weighted by Gasteiger charge is -2.07. The van der Waals surface area contributed by atoms with Gasteiger partial charge >= 0.3 is 0 Å². The smallest absolute Gasteiger partial charge is 0.267 e. The molecule has 0 spiro atoms. The second kappa shape index (κ2) is 9.00. The summed E-state index contributed by atoms with van der Waals surface area (Å²) < 4.78 is 7.96. The number of hydrogen-bond acceptors (Lipinski definition) is 4. The minimum absolute atomic E-state index is 0.562. The first-order valence-electron chi connectivity index (χ1n) is 9.00. The zero-order valence-electron chi connectivity index (χ0n) is 15.3. The molecule has 3 rings (SSSR count). The number of amides is 1. The maximum absolute atomic E-state index is 11.1. The molecule has 2 aromatic carbocycles. The summed E-state index contributed by atoms with van der Waals surface area (Å²) >= 11 is 0. The van der Waals surface area contributed by atoms with Gasteiger partial charge in [-0.15, -0.1) is 0 Å². The van der Waals surface area contributed by atoms with Crippen LogP contribution in [0.3, 0.4) is 0 Å². The summed E-state index contributed by atoms with van der Waals surface area (Å²) in [5, 5.41) is 8.56. The molecule has 3 aromatic rings. The number of carbonyl (C=O) groups excluding carboxylic acids is 1. The van der Waals surface area contributed by atoms with Gasteiger partial charge in [-0.25, -0.2) is 10.5 Å². The van der Waals surface area contributed by atoms with Crippen LogP contribution in [0.1, 0.15) is 24.7 Å². The van der Waals surface area contributed by atoms with Crippen molar-refractivity contribution in [3.63, 3.8) is 0 Å². The van der Waals surface area contributed by atoms with Crippen LogP contribution in [0.5, 0.6) is 5.75 Å². The molecule has 0 unspecified atom stereocenters. The molecule has 1 aromatic heterocycles. The molecule has 27 heavy (non-hydrogen) atoms. The van der Waals surface area contributed by atoms with Crippen molar-refractivity contribution < 1.29 is 14.7 Å². The highest BCUT2D eigenvalue weighted by Gasteiger charge is 2.10. The number of carbonyl (C=O) groups is 1. The fraction of sp³-hybridized carbons (Fsp3) is 0.238. The van der Waals surface area contributed by atoms with E-state index in [0.717, 1.165) is 47.6 Å². The first-order chi connectivity index (χ1) is 13.2. The molecule has 0 fully saturated rings. The van der Waals surface area contributed by atoms with Crippen molar-refractivity contribution in [2.75, 3.05) is 6.61 Å². The molecule has 0 saturated carbocycles. The van der Waals surface area contributed by atoms with Gasteiger partial charge in [0.2, 0.25) is 0 Å². The van der Waals surface area contributed by atoms with Crippen molar-refractivity contribution >= 4 is 23.0 Å². The summed E-state index contributed by atoms with van der Waals surface area (Å²) in [6, 6.07) is 15.7. The molecule has 0 saturated heterocycles. The predicted molar refractivity (Wildman–Crippen MR) is 105 cm³/mol. The Morgan fingerprint density at radius 3 is 2.81 bits per heavy atom. The Morgan fingerprint density at radius 1 is 1.26 bits per heavy atom. The first kappa shape index (κ1) is 18.7. The van der Waals surface area contributed by atoms with E-state index in [1.165, 1.54) is 6.08 Å². The molecular formula is C21H23N3O3. The summed E-state index contributed by atoms with van der Waals surface area (Å²) in [5.74, 6) is 1.34. The van der Waals surface area contributed by atoms with Gasteiger partial charge in [-0.05, 0) is 49.2 Å². The van der Waals surface area contributed by atoms with Gasteiger partial charge in [0.05, 0.1) is 17.6 Å². The molecule has 0 aliphatic heterocycles. The Kier molecular flexibility index (Phi) is 6.22. The van der Waals surface area contributed by atoms with E-state index in [-0.39, 0.29) is 0 Å².